The van der Waals surface area contributed by atoms with Crippen LogP contribution in [-0.2, 0) is 6.18 Å². The van der Waals surface area contributed by atoms with E-state index in [0.717, 1.165) is 6.07 Å². The second-order valence-corrected chi connectivity index (χ2v) is 5.96. The molecule has 2 aromatic heterocycles. The maximum atomic E-state index is 13.1. The predicted octanol–water partition coefficient (Wildman–Crippen LogP) is 5.05. The summed E-state index contributed by atoms with van der Waals surface area (Å²) in [5, 5.41) is 8.70. The lowest BCUT2D eigenvalue weighted by Crippen LogP contribution is -2.13. The Balaban J connectivity index is 1.76. The van der Waals surface area contributed by atoms with Crippen molar-refractivity contribution >= 4 is 34.8 Å². The van der Waals surface area contributed by atoms with Crippen LogP contribution in [0.25, 0.3) is 0 Å². The summed E-state index contributed by atoms with van der Waals surface area (Å²) in [5.74, 6) is 0.434. The molecule has 27 heavy (non-hydrogen) atoms. The number of rotatable bonds is 4. The Kier molecular flexibility index (Phi) is 5.04. The van der Waals surface area contributed by atoms with Crippen molar-refractivity contribution in [1.82, 2.24) is 10.1 Å². The zero-order valence-electron chi connectivity index (χ0n) is 13.8. The van der Waals surface area contributed by atoms with Gasteiger partial charge in [-0.05, 0) is 37.3 Å². The van der Waals surface area contributed by atoms with Gasteiger partial charge in [-0.25, -0.2) is 4.98 Å². The smallest absolute Gasteiger partial charge is 0.360 e. The zero-order chi connectivity index (χ0) is 19.6. The Hall–Kier alpha value is -3.07. The zero-order valence-corrected chi connectivity index (χ0v) is 14.5. The Bertz CT molecular complexity index is 971. The third kappa shape index (κ3) is 4.56. The molecular formula is C17H12ClF3N4O2. The Labute approximate surface area is 156 Å². The molecule has 10 heteroatoms. The summed E-state index contributed by atoms with van der Waals surface area (Å²) < 4.78 is 44.2. The molecule has 1 aromatic carbocycles. The maximum Gasteiger partial charge on any atom is 0.418 e. The van der Waals surface area contributed by atoms with Crippen LogP contribution in [0.1, 0.15) is 21.7 Å². The lowest BCUT2D eigenvalue weighted by molar-refractivity contribution is -0.136. The van der Waals surface area contributed by atoms with E-state index in [1.54, 1.807) is 13.0 Å². The molecule has 0 bridgehead atoms. The molecule has 2 N–H and O–H groups in total. The minimum Gasteiger partial charge on any atom is -0.360 e. The minimum atomic E-state index is -4.58. The highest BCUT2D eigenvalue weighted by molar-refractivity contribution is 6.30. The van der Waals surface area contributed by atoms with Crippen LogP contribution in [0.2, 0.25) is 5.02 Å². The van der Waals surface area contributed by atoms with E-state index >= 15 is 0 Å². The number of aromatic nitrogens is 2. The lowest BCUT2D eigenvalue weighted by Gasteiger charge is -2.14. The molecule has 0 spiro atoms. The van der Waals surface area contributed by atoms with E-state index in [1.807, 2.05) is 0 Å². The molecule has 0 aliphatic rings. The SMILES string of the molecule is Cc1cc(NC(=O)c2ccc(Nc3ccc(Cl)cc3C(F)(F)F)nc2)no1. The number of aryl methyl sites for hydroxylation is 1. The van der Waals surface area contributed by atoms with Crippen molar-refractivity contribution in [2.24, 2.45) is 0 Å². The normalized spacial score (nSPS) is 11.3. The number of halogens is 4. The quantitative estimate of drug-likeness (QED) is 0.645. The predicted molar refractivity (Wildman–Crippen MR) is 93.2 cm³/mol. The van der Waals surface area contributed by atoms with E-state index in [1.165, 1.54) is 30.5 Å². The van der Waals surface area contributed by atoms with E-state index in [2.05, 4.69) is 20.8 Å². The van der Waals surface area contributed by atoms with Gasteiger partial charge in [0.1, 0.15) is 11.6 Å². The van der Waals surface area contributed by atoms with Crippen LogP contribution in [-0.4, -0.2) is 16.0 Å². The summed E-state index contributed by atoms with van der Waals surface area (Å²) in [5.41, 5.74) is -0.914. The monoisotopic (exact) mass is 396 g/mol. The number of nitrogens with zero attached hydrogens (tertiary/aromatic N) is 2. The van der Waals surface area contributed by atoms with Gasteiger partial charge in [-0.2, -0.15) is 13.2 Å². The summed E-state index contributed by atoms with van der Waals surface area (Å²) in [6, 6.07) is 7.71. The molecule has 2 heterocycles. The fraction of sp³-hybridized carbons (Fsp3) is 0.118. The van der Waals surface area contributed by atoms with Crippen molar-refractivity contribution < 1.29 is 22.5 Å². The van der Waals surface area contributed by atoms with Crippen LogP contribution < -0.4 is 10.6 Å². The summed E-state index contributed by atoms with van der Waals surface area (Å²) >= 11 is 5.65. The van der Waals surface area contributed by atoms with Crippen molar-refractivity contribution in [2.45, 2.75) is 13.1 Å². The van der Waals surface area contributed by atoms with Crippen molar-refractivity contribution in [3.8, 4) is 0 Å². The first kappa shape index (κ1) is 18.7. The third-order valence-electron chi connectivity index (χ3n) is 3.44. The second-order valence-electron chi connectivity index (χ2n) is 5.52. The molecule has 3 aromatic rings. The van der Waals surface area contributed by atoms with Gasteiger partial charge < -0.3 is 15.2 Å². The molecule has 0 saturated carbocycles. The summed E-state index contributed by atoms with van der Waals surface area (Å²) in [6.07, 6.45) is -3.35. The average molecular weight is 397 g/mol. The Morgan fingerprint density at radius 1 is 1.15 bits per heavy atom. The van der Waals surface area contributed by atoms with Gasteiger partial charge >= 0.3 is 6.18 Å². The first-order valence-electron chi connectivity index (χ1n) is 7.57. The molecule has 0 atom stereocenters. The van der Waals surface area contributed by atoms with Crippen LogP contribution in [0.3, 0.4) is 0 Å². The largest absolute Gasteiger partial charge is 0.418 e. The van der Waals surface area contributed by atoms with E-state index in [9.17, 15) is 18.0 Å². The number of hydrogen-bond acceptors (Lipinski definition) is 5. The van der Waals surface area contributed by atoms with Crippen LogP contribution in [0.5, 0.6) is 0 Å². The first-order chi connectivity index (χ1) is 12.7. The highest BCUT2D eigenvalue weighted by Crippen LogP contribution is 2.37. The number of carbonyl (C=O) groups is 1. The molecular weight excluding hydrogens is 385 g/mol. The Morgan fingerprint density at radius 2 is 1.93 bits per heavy atom. The van der Waals surface area contributed by atoms with Crippen molar-refractivity contribution in [3.63, 3.8) is 0 Å². The van der Waals surface area contributed by atoms with Crippen LogP contribution in [0.4, 0.5) is 30.5 Å². The van der Waals surface area contributed by atoms with E-state index in [-0.39, 0.29) is 27.9 Å². The average Bonchev–Trinajstić information content (AvgIpc) is 3.01. The van der Waals surface area contributed by atoms with Gasteiger partial charge in [-0.15, -0.1) is 0 Å². The molecule has 0 unspecified atom stereocenters. The van der Waals surface area contributed by atoms with Gasteiger partial charge in [0.05, 0.1) is 16.8 Å². The lowest BCUT2D eigenvalue weighted by atomic mass is 10.1. The van der Waals surface area contributed by atoms with Crippen molar-refractivity contribution in [2.75, 3.05) is 10.6 Å². The van der Waals surface area contributed by atoms with E-state index < -0.39 is 17.6 Å². The molecule has 0 aliphatic carbocycles. The number of nitrogens with one attached hydrogen (secondary N) is 2. The minimum absolute atomic E-state index is 0.0315. The molecule has 1 amide bonds. The highest BCUT2D eigenvalue weighted by atomic mass is 35.5. The fourth-order valence-electron chi connectivity index (χ4n) is 2.21. The van der Waals surface area contributed by atoms with Crippen LogP contribution in [0.15, 0.2) is 47.1 Å². The van der Waals surface area contributed by atoms with Crippen molar-refractivity contribution in [1.29, 1.82) is 0 Å². The summed E-state index contributed by atoms with van der Waals surface area (Å²) in [4.78, 5) is 16.1. The van der Waals surface area contributed by atoms with Gasteiger partial charge in [0, 0.05) is 17.3 Å². The second kappa shape index (κ2) is 7.28. The molecule has 0 radical (unpaired) electrons. The maximum absolute atomic E-state index is 13.1. The number of carbonyl (C=O) groups excluding carboxylic acids is 1. The number of benzene rings is 1. The summed E-state index contributed by atoms with van der Waals surface area (Å²) in [7, 11) is 0. The highest BCUT2D eigenvalue weighted by Gasteiger charge is 2.33. The number of hydrogen-bond donors (Lipinski definition) is 2. The summed E-state index contributed by atoms with van der Waals surface area (Å²) in [6.45, 7) is 1.68. The van der Waals surface area contributed by atoms with E-state index in [0.29, 0.717) is 5.76 Å². The van der Waals surface area contributed by atoms with E-state index in [4.69, 9.17) is 16.1 Å². The third-order valence-corrected chi connectivity index (χ3v) is 3.68. The molecule has 3 rings (SSSR count). The van der Waals surface area contributed by atoms with Gasteiger partial charge in [0.25, 0.3) is 5.91 Å². The standard InChI is InChI=1S/C17H12ClF3N4O2/c1-9-6-15(25-27-9)24-16(26)10-2-5-14(22-8-10)23-13-4-3-11(18)7-12(13)17(19,20)21/h2-8H,1H3,(H,22,23)(H,24,25,26). The molecule has 140 valence electrons. The van der Waals surface area contributed by atoms with Gasteiger partial charge in [0.15, 0.2) is 5.82 Å². The van der Waals surface area contributed by atoms with Gasteiger partial charge in [0.2, 0.25) is 0 Å². The number of amides is 1. The Morgan fingerprint density at radius 3 is 2.52 bits per heavy atom. The molecule has 6 nitrogen and oxygen atoms in total. The molecule has 0 fully saturated rings. The van der Waals surface area contributed by atoms with Crippen LogP contribution >= 0.6 is 11.6 Å². The van der Waals surface area contributed by atoms with Crippen LogP contribution in [0, 0.1) is 6.92 Å². The fourth-order valence-corrected chi connectivity index (χ4v) is 2.39. The number of pyridine rings is 1. The van der Waals surface area contributed by atoms with Gasteiger partial charge in [-0.1, -0.05) is 16.8 Å². The molecule has 0 aliphatic heterocycles. The molecule has 0 saturated heterocycles. The van der Waals surface area contributed by atoms with Crippen molar-refractivity contribution in [3.05, 3.63) is 64.5 Å². The number of anilines is 3. The topological polar surface area (TPSA) is 80.0 Å². The van der Waals surface area contributed by atoms with Gasteiger partial charge in [-0.3, -0.25) is 4.79 Å². The first-order valence-corrected chi connectivity index (χ1v) is 7.94. The number of alkyl halides is 3.